The molecule has 0 spiro atoms. The maximum Gasteiger partial charge on any atom is 0.372 e. The van der Waals surface area contributed by atoms with Crippen molar-refractivity contribution in [3.63, 3.8) is 0 Å². The molecule has 1 N–H and O–H groups in total. The number of benzene rings is 1. The van der Waals surface area contributed by atoms with Crippen LogP contribution in [-0.4, -0.2) is 20.6 Å². The Morgan fingerprint density at radius 1 is 1.50 bits per heavy atom. The van der Waals surface area contributed by atoms with E-state index in [2.05, 4.69) is 4.98 Å². The molecule has 0 aliphatic heterocycles. The molecule has 0 radical (unpaired) electrons. The molecule has 5 heteroatoms. The van der Waals surface area contributed by atoms with Gasteiger partial charge in [0.1, 0.15) is 5.52 Å². The number of hydrogen-bond donors (Lipinski definition) is 1. The predicted octanol–water partition coefficient (Wildman–Crippen LogP) is 2.45. The van der Waals surface area contributed by atoms with E-state index >= 15 is 0 Å². The van der Waals surface area contributed by atoms with E-state index in [-0.39, 0.29) is 17.4 Å². The van der Waals surface area contributed by atoms with Gasteiger partial charge in [0.2, 0.25) is 5.82 Å². The molecule has 0 fully saturated rings. The number of rotatable bonds is 2. The Kier molecular flexibility index (Phi) is 2.38. The van der Waals surface area contributed by atoms with Gasteiger partial charge in [0.25, 0.3) is 0 Å². The van der Waals surface area contributed by atoms with Gasteiger partial charge in [-0.25, -0.2) is 14.2 Å². The molecule has 0 aliphatic carbocycles. The molecule has 2 rings (SSSR count). The highest BCUT2D eigenvalue weighted by Crippen LogP contribution is 2.22. The maximum absolute atomic E-state index is 13.4. The lowest BCUT2D eigenvalue weighted by molar-refractivity contribution is 0.0677. The molecule has 4 nitrogen and oxygen atoms in total. The lowest BCUT2D eigenvalue weighted by Crippen LogP contribution is -2.11. The highest BCUT2D eigenvalue weighted by Gasteiger charge is 2.20. The van der Waals surface area contributed by atoms with Crippen molar-refractivity contribution in [2.24, 2.45) is 0 Å². The number of para-hydroxylation sites is 1. The smallest absolute Gasteiger partial charge is 0.372 e. The van der Waals surface area contributed by atoms with Crippen molar-refractivity contribution >= 4 is 17.0 Å². The number of aromatic carboxylic acids is 1. The minimum absolute atomic E-state index is 0.0853. The molecule has 2 aromatic rings. The van der Waals surface area contributed by atoms with Crippen LogP contribution >= 0.6 is 0 Å². The molecule has 1 aromatic heterocycles. The summed E-state index contributed by atoms with van der Waals surface area (Å²) in [5.41, 5.74) is 0.612. The zero-order valence-electron chi connectivity index (χ0n) is 8.94. The third-order valence-electron chi connectivity index (χ3n) is 2.38. The zero-order chi connectivity index (χ0) is 11.9. The molecule has 1 heterocycles. The van der Waals surface area contributed by atoms with Gasteiger partial charge in [-0.05, 0) is 26.0 Å². The lowest BCUT2D eigenvalue weighted by Gasteiger charge is -2.10. The Labute approximate surface area is 91.3 Å². The minimum Gasteiger partial charge on any atom is -0.475 e. The number of imidazole rings is 1. The largest absolute Gasteiger partial charge is 0.475 e. The zero-order valence-corrected chi connectivity index (χ0v) is 8.94. The van der Waals surface area contributed by atoms with Gasteiger partial charge >= 0.3 is 5.97 Å². The molecule has 0 saturated carbocycles. The minimum atomic E-state index is -1.15. The summed E-state index contributed by atoms with van der Waals surface area (Å²) in [6.45, 7) is 3.66. The Balaban J connectivity index is 2.86. The van der Waals surface area contributed by atoms with Crippen LogP contribution in [-0.2, 0) is 0 Å². The number of fused-ring (bicyclic) bond motifs is 1. The standard InChI is InChI=1S/C11H11FN2O2/c1-6(2)14-8-5-3-4-7(12)9(8)13-10(14)11(15)16/h3-6H,1-2H3,(H,15,16). The van der Waals surface area contributed by atoms with Crippen LogP contribution < -0.4 is 0 Å². The molecule has 0 aliphatic rings. The quantitative estimate of drug-likeness (QED) is 0.849. The number of hydrogen-bond acceptors (Lipinski definition) is 2. The Morgan fingerprint density at radius 2 is 2.19 bits per heavy atom. The summed E-state index contributed by atoms with van der Waals surface area (Å²) in [4.78, 5) is 14.8. The van der Waals surface area contributed by atoms with Crippen molar-refractivity contribution in [3.05, 3.63) is 29.8 Å². The first-order chi connectivity index (χ1) is 7.52. The molecule has 16 heavy (non-hydrogen) atoms. The molecule has 0 saturated heterocycles. The summed E-state index contributed by atoms with van der Waals surface area (Å²) in [6.07, 6.45) is 0. The molecule has 0 atom stereocenters. The SMILES string of the molecule is CC(C)n1c(C(=O)O)nc2c(F)cccc21. The van der Waals surface area contributed by atoms with Gasteiger partial charge in [-0.3, -0.25) is 0 Å². The van der Waals surface area contributed by atoms with Gasteiger partial charge in [-0.2, -0.15) is 0 Å². The molecule has 1 aromatic carbocycles. The number of carboxylic acids is 1. The van der Waals surface area contributed by atoms with Gasteiger partial charge in [-0.1, -0.05) is 6.07 Å². The van der Waals surface area contributed by atoms with Crippen molar-refractivity contribution in [3.8, 4) is 0 Å². The molecule has 0 unspecified atom stereocenters. The van der Waals surface area contributed by atoms with E-state index in [4.69, 9.17) is 5.11 Å². The van der Waals surface area contributed by atoms with Crippen LogP contribution in [0.5, 0.6) is 0 Å². The van der Waals surface area contributed by atoms with Gasteiger partial charge in [0.15, 0.2) is 5.82 Å². The summed E-state index contributed by atoms with van der Waals surface area (Å²) >= 11 is 0. The second kappa shape index (κ2) is 3.59. The van der Waals surface area contributed by atoms with Crippen LogP contribution in [0.4, 0.5) is 4.39 Å². The third kappa shape index (κ3) is 1.44. The fourth-order valence-corrected chi connectivity index (χ4v) is 1.76. The van der Waals surface area contributed by atoms with Gasteiger partial charge in [0.05, 0.1) is 5.52 Å². The first-order valence-electron chi connectivity index (χ1n) is 4.92. The molecular weight excluding hydrogens is 211 g/mol. The average molecular weight is 222 g/mol. The topological polar surface area (TPSA) is 55.1 Å². The second-order valence-electron chi connectivity index (χ2n) is 3.81. The van der Waals surface area contributed by atoms with Crippen LogP contribution in [0.3, 0.4) is 0 Å². The molecule has 0 bridgehead atoms. The van der Waals surface area contributed by atoms with Crippen molar-refractivity contribution in [2.45, 2.75) is 19.9 Å². The number of halogens is 1. The Bertz CT molecular complexity index is 560. The Morgan fingerprint density at radius 3 is 2.75 bits per heavy atom. The first-order valence-corrected chi connectivity index (χ1v) is 4.92. The highest BCUT2D eigenvalue weighted by molar-refractivity contribution is 5.90. The second-order valence-corrected chi connectivity index (χ2v) is 3.81. The number of carbonyl (C=O) groups is 1. The average Bonchev–Trinajstić information content (AvgIpc) is 2.58. The van der Waals surface area contributed by atoms with Crippen molar-refractivity contribution < 1.29 is 14.3 Å². The molecular formula is C11H11FN2O2. The first kappa shape index (κ1) is 10.6. The van der Waals surface area contributed by atoms with E-state index in [0.717, 1.165) is 0 Å². The number of carboxylic acid groups (broad SMARTS) is 1. The van der Waals surface area contributed by atoms with Crippen LogP contribution in [0.2, 0.25) is 0 Å². The summed E-state index contributed by atoms with van der Waals surface area (Å²) in [5.74, 6) is -1.78. The van der Waals surface area contributed by atoms with E-state index in [1.807, 2.05) is 13.8 Å². The molecule has 0 amide bonds. The van der Waals surface area contributed by atoms with Gasteiger partial charge in [-0.15, -0.1) is 0 Å². The fraction of sp³-hybridized carbons (Fsp3) is 0.273. The fourth-order valence-electron chi connectivity index (χ4n) is 1.76. The van der Waals surface area contributed by atoms with Crippen LogP contribution in [0.1, 0.15) is 30.5 Å². The molecule has 84 valence electrons. The summed E-state index contributed by atoms with van der Waals surface area (Å²) in [5, 5.41) is 9.00. The van der Waals surface area contributed by atoms with E-state index in [9.17, 15) is 9.18 Å². The summed E-state index contributed by atoms with van der Waals surface area (Å²) in [6, 6.07) is 4.39. The van der Waals surface area contributed by atoms with E-state index < -0.39 is 11.8 Å². The predicted molar refractivity (Wildman–Crippen MR) is 57.0 cm³/mol. The number of nitrogens with zero attached hydrogens (tertiary/aromatic N) is 2. The third-order valence-corrected chi connectivity index (χ3v) is 2.38. The highest BCUT2D eigenvalue weighted by atomic mass is 19.1. The van der Waals surface area contributed by atoms with Crippen molar-refractivity contribution in [1.82, 2.24) is 9.55 Å². The van der Waals surface area contributed by atoms with Crippen molar-refractivity contribution in [2.75, 3.05) is 0 Å². The van der Waals surface area contributed by atoms with E-state index in [1.165, 1.54) is 10.6 Å². The van der Waals surface area contributed by atoms with Crippen LogP contribution in [0.15, 0.2) is 18.2 Å². The van der Waals surface area contributed by atoms with Crippen molar-refractivity contribution in [1.29, 1.82) is 0 Å². The van der Waals surface area contributed by atoms with Gasteiger partial charge < -0.3 is 9.67 Å². The number of aromatic nitrogens is 2. The van der Waals surface area contributed by atoms with Crippen LogP contribution in [0.25, 0.3) is 11.0 Å². The van der Waals surface area contributed by atoms with E-state index in [0.29, 0.717) is 5.52 Å². The lowest BCUT2D eigenvalue weighted by atomic mass is 10.3. The Hall–Kier alpha value is -1.91. The van der Waals surface area contributed by atoms with Crippen LogP contribution in [0, 0.1) is 5.82 Å². The van der Waals surface area contributed by atoms with Gasteiger partial charge in [0, 0.05) is 6.04 Å². The maximum atomic E-state index is 13.4. The summed E-state index contributed by atoms with van der Waals surface area (Å²) in [7, 11) is 0. The summed E-state index contributed by atoms with van der Waals surface area (Å²) < 4.78 is 15.0. The monoisotopic (exact) mass is 222 g/mol. The normalized spacial score (nSPS) is 11.2. The van der Waals surface area contributed by atoms with E-state index in [1.54, 1.807) is 12.1 Å².